The highest BCUT2D eigenvalue weighted by Crippen LogP contribution is 2.25. The van der Waals surface area contributed by atoms with Crippen molar-refractivity contribution in [2.45, 2.75) is 45.4 Å². The number of nitrogens with zero attached hydrogens (tertiary/aromatic N) is 2. The molecule has 114 valence electrons. The first-order chi connectivity index (χ1) is 10.2. The van der Waals surface area contributed by atoms with E-state index in [1.165, 1.54) is 5.52 Å². The van der Waals surface area contributed by atoms with Crippen LogP contribution in [0.25, 0.3) is 11.0 Å². The highest BCUT2D eigenvalue weighted by atomic mass is 16.5. The molecule has 21 heavy (non-hydrogen) atoms. The fourth-order valence-corrected chi connectivity index (χ4v) is 3.44. The maximum absolute atomic E-state index is 5.94. The molecule has 1 N–H and O–H groups in total. The minimum atomic E-state index is 0.292. The van der Waals surface area contributed by atoms with E-state index in [9.17, 15) is 0 Å². The van der Waals surface area contributed by atoms with E-state index in [4.69, 9.17) is 9.72 Å². The zero-order chi connectivity index (χ0) is 14.8. The summed E-state index contributed by atoms with van der Waals surface area (Å²) in [6.45, 7) is 6.30. The molecule has 0 amide bonds. The Morgan fingerprint density at radius 2 is 2.24 bits per heavy atom. The number of hydrogen-bond donors (Lipinski definition) is 1. The van der Waals surface area contributed by atoms with Crippen LogP contribution in [0.3, 0.4) is 0 Å². The summed E-state index contributed by atoms with van der Waals surface area (Å²) in [5.41, 5.74) is 2.31. The van der Waals surface area contributed by atoms with E-state index >= 15 is 0 Å². The van der Waals surface area contributed by atoms with Crippen LogP contribution >= 0.6 is 0 Å². The second-order valence-electron chi connectivity index (χ2n) is 5.96. The molecule has 2 aromatic rings. The third kappa shape index (κ3) is 2.70. The maximum atomic E-state index is 5.94. The van der Waals surface area contributed by atoms with Gasteiger partial charge in [0.1, 0.15) is 5.82 Å². The molecule has 1 aliphatic rings. The Kier molecular flexibility index (Phi) is 4.27. The van der Waals surface area contributed by atoms with Gasteiger partial charge in [-0.05, 0) is 38.4 Å². The number of ether oxygens (including phenoxy) is 1. The van der Waals surface area contributed by atoms with Crippen LogP contribution < -0.4 is 5.32 Å². The number of fused-ring (bicyclic) bond motifs is 1. The number of para-hydroxylation sites is 2. The Hall–Kier alpha value is -1.39. The summed E-state index contributed by atoms with van der Waals surface area (Å²) >= 11 is 0. The molecule has 4 nitrogen and oxygen atoms in total. The van der Waals surface area contributed by atoms with Crippen molar-refractivity contribution in [2.24, 2.45) is 5.92 Å². The van der Waals surface area contributed by atoms with Crippen LogP contribution in [0.2, 0.25) is 0 Å². The first-order valence-electron chi connectivity index (χ1n) is 7.97. The molecule has 3 rings (SSSR count). The number of aromatic nitrogens is 2. The zero-order valence-corrected chi connectivity index (χ0v) is 13.2. The highest BCUT2D eigenvalue weighted by molar-refractivity contribution is 5.75. The van der Waals surface area contributed by atoms with Crippen molar-refractivity contribution in [3.05, 3.63) is 30.1 Å². The Bertz CT molecular complexity index is 607. The molecule has 0 saturated carbocycles. The van der Waals surface area contributed by atoms with Gasteiger partial charge in [0.15, 0.2) is 0 Å². The average Bonchev–Trinajstić information content (AvgIpc) is 3.07. The van der Waals surface area contributed by atoms with Gasteiger partial charge >= 0.3 is 0 Å². The second-order valence-corrected chi connectivity index (χ2v) is 5.96. The molecule has 1 aliphatic heterocycles. The summed E-state index contributed by atoms with van der Waals surface area (Å²) in [7, 11) is 2.03. The van der Waals surface area contributed by atoms with E-state index in [0.717, 1.165) is 37.3 Å². The van der Waals surface area contributed by atoms with E-state index in [1.54, 1.807) is 0 Å². The largest absolute Gasteiger partial charge is 0.376 e. The van der Waals surface area contributed by atoms with E-state index < -0.39 is 0 Å². The third-order valence-corrected chi connectivity index (χ3v) is 4.66. The maximum Gasteiger partial charge on any atom is 0.111 e. The average molecular weight is 287 g/mol. The van der Waals surface area contributed by atoms with Crippen LogP contribution in [0.5, 0.6) is 0 Å². The van der Waals surface area contributed by atoms with Crippen molar-refractivity contribution in [3.8, 4) is 0 Å². The smallest absolute Gasteiger partial charge is 0.111 e. The lowest BCUT2D eigenvalue weighted by atomic mass is 9.95. The number of benzene rings is 1. The predicted octanol–water partition coefficient (Wildman–Crippen LogP) is 2.61. The van der Waals surface area contributed by atoms with E-state index in [2.05, 4.69) is 48.0 Å². The molecule has 3 unspecified atom stereocenters. The number of aryl methyl sites for hydroxylation is 1. The number of likely N-dealkylation sites (N-methyl/N-ethyl adjacent to an activating group) is 1. The van der Waals surface area contributed by atoms with Gasteiger partial charge < -0.3 is 14.6 Å². The summed E-state index contributed by atoms with van der Waals surface area (Å²) < 4.78 is 8.26. The number of hydrogen-bond acceptors (Lipinski definition) is 3. The van der Waals surface area contributed by atoms with Crippen LogP contribution in [0, 0.1) is 5.92 Å². The SMILES string of the molecule is CCn1c(CC(NC)C2OCCC2C)nc2ccccc21. The van der Waals surface area contributed by atoms with E-state index in [1.807, 2.05) is 7.05 Å². The number of imidazole rings is 1. The molecule has 1 aromatic carbocycles. The first-order valence-corrected chi connectivity index (χ1v) is 7.97. The van der Waals surface area contributed by atoms with E-state index in [-0.39, 0.29) is 0 Å². The summed E-state index contributed by atoms with van der Waals surface area (Å²) in [6.07, 6.45) is 2.36. The fraction of sp³-hybridized carbons (Fsp3) is 0.588. The van der Waals surface area contributed by atoms with Gasteiger partial charge in [0.25, 0.3) is 0 Å². The molecule has 1 fully saturated rings. The molecule has 3 atom stereocenters. The van der Waals surface area contributed by atoms with Gasteiger partial charge in [-0.15, -0.1) is 0 Å². The minimum Gasteiger partial charge on any atom is -0.376 e. The molecule has 1 aromatic heterocycles. The summed E-state index contributed by atoms with van der Waals surface area (Å²) in [4.78, 5) is 4.84. The monoisotopic (exact) mass is 287 g/mol. The Labute approximate surface area is 126 Å². The third-order valence-electron chi connectivity index (χ3n) is 4.66. The summed E-state index contributed by atoms with van der Waals surface area (Å²) in [5, 5.41) is 3.44. The van der Waals surface area contributed by atoms with Crippen molar-refractivity contribution in [1.82, 2.24) is 14.9 Å². The van der Waals surface area contributed by atoms with Crippen LogP contribution in [-0.4, -0.2) is 35.4 Å². The lowest BCUT2D eigenvalue weighted by Gasteiger charge is -2.25. The molecule has 0 spiro atoms. The van der Waals surface area contributed by atoms with Crippen LogP contribution in [0.15, 0.2) is 24.3 Å². The number of nitrogens with one attached hydrogen (secondary N) is 1. The normalized spacial score (nSPS) is 23.8. The van der Waals surface area contributed by atoms with Gasteiger partial charge in [-0.3, -0.25) is 0 Å². The first kappa shape index (κ1) is 14.5. The fourth-order valence-electron chi connectivity index (χ4n) is 3.44. The van der Waals surface area contributed by atoms with Crippen LogP contribution in [-0.2, 0) is 17.7 Å². The van der Waals surface area contributed by atoms with Gasteiger partial charge in [-0.25, -0.2) is 4.98 Å². The molecule has 0 radical (unpaired) electrons. The minimum absolute atomic E-state index is 0.292. The predicted molar refractivity (Wildman–Crippen MR) is 85.5 cm³/mol. The van der Waals surface area contributed by atoms with Gasteiger partial charge in [-0.1, -0.05) is 19.1 Å². The van der Waals surface area contributed by atoms with Gasteiger partial charge in [-0.2, -0.15) is 0 Å². The molecular weight excluding hydrogens is 262 g/mol. The summed E-state index contributed by atoms with van der Waals surface area (Å²) in [6, 6.07) is 8.70. The number of rotatable bonds is 5. The quantitative estimate of drug-likeness (QED) is 0.919. The standard InChI is InChI=1S/C17H25N3O/c1-4-20-15-8-6-5-7-13(15)19-16(20)11-14(18-3)17-12(2)9-10-21-17/h5-8,12,14,17-18H,4,9-11H2,1-3H3. The van der Waals surface area contributed by atoms with E-state index in [0.29, 0.717) is 18.1 Å². The molecule has 0 aliphatic carbocycles. The molecule has 2 heterocycles. The van der Waals surface area contributed by atoms with Crippen molar-refractivity contribution < 1.29 is 4.74 Å². The van der Waals surface area contributed by atoms with Crippen LogP contribution in [0.1, 0.15) is 26.1 Å². The summed E-state index contributed by atoms with van der Waals surface area (Å²) in [5.74, 6) is 1.77. The zero-order valence-electron chi connectivity index (χ0n) is 13.2. The van der Waals surface area contributed by atoms with Crippen LogP contribution in [0.4, 0.5) is 0 Å². The Balaban J connectivity index is 1.89. The van der Waals surface area contributed by atoms with Gasteiger partial charge in [0.2, 0.25) is 0 Å². The highest BCUT2D eigenvalue weighted by Gasteiger charge is 2.32. The topological polar surface area (TPSA) is 39.1 Å². The van der Waals surface area contributed by atoms with Gasteiger partial charge in [0.05, 0.1) is 17.1 Å². The Morgan fingerprint density at radius 1 is 1.43 bits per heavy atom. The van der Waals surface area contributed by atoms with Crippen molar-refractivity contribution >= 4 is 11.0 Å². The molecule has 4 heteroatoms. The molecule has 1 saturated heterocycles. The van der Waals surface area contributed by atoms with Gasteiger partial charge in [0, 0.05) is 25.6 Å². The second kappa shape index (κ2) is 6.16. The van der Waals surface area contributed by atoms with Crippen molar-refractivity contribution in [1.29, 1.82) is 0 Å². The lowest BCUT2D eigenvalue weighted by molar-refractivity contribution is 0.0626. The lowest BCUT2D eigenvalue weighted by Crippen LogP contribution is -2.42. The Morgan fingerprint density at radius 3 is 2.90 bits per heavy atom. The molecular formula is C17H25N3O. The molecule has 0 bridgehead atoms. The van der Waals surface area contributed by atoms with Crippen molar-refractivity contribution in [3.63, 3.8) is 0 Å². The van der Waals surface area contributed by atoms with Crippen molar-refractivity contribution in [2.75, 3.05) is 13.7 Å².